The minimum atomic E-state index is -0.365. The van der Waals surface area contributed by atoms with Crippen LogP contribution in [0.5, 0.6) is 0 Å². The third-order valence-electron chi connectivity index (χ3n) is 3.32. The van der Waals surface area contributed by atoms with E-state index >= 15 is 0 Å². The zero-order chi connectivity index (χ0) is 11.5. The topological polar surface area (TPSA) is 20.2 Å². The van der Waals surface area contributed by atoms with Crippen molar-refractivity contribution < 1.29 is 5.11 Å². The molecule has 2 rings (SSSR count). The Morgan fingerprint density at radius 3 is 2.50 bits per heavy atom. The third-order valence-corrected chi connectivity index (χ3v) is 3.32. The summed E-state index contributed by atoms with van der Waals surface area (Å²) < 4.78 is 0. The van der Waals surface area contributed by atoms with Gasteiger partial charge in [-0.25, -0.2) is 0 Å². The minimum Gasteiger partial charge on any atom is -0.388 e. The summed E-state index contributed by atoms with van der Waals surface area (Å²) in [6.07, 6.45) is 0.626. The highest BCUT2D eigenvalue weighted by Crippen LogP contribution is 2.29. The fourth-order valence-corrected chi connectivity index (χ4v) is 2.04. The van der Waals surface area contributed by atoms with Crippen molar-refractivity contribution in [2.45, 2.75) is 26.4 Å². The summed E-state index contributed by atoms with van der Waals surface area (Å²) in [7, 11) is 0. The molecule has 0 aliphatic rings. The molecule has 0 fully saturated rings. The van der Waals surface area contributed by atoms with E-state index in [1.54, 1.807) is 0 Å². The monoisotopic (exact) mass is 214 g/mol. The molecule has 0 saturated carbocycles. The Morgan fingerprint density at radius 1 is 1.06 bits per heavy atom. The van der Waals surface area contributed by atoms with E-state index in [2.05, 4.69) is 32.0 Å². The van der Waals surface area contributed by atoms with E-state index in [4.69, 9.17) is 0 Å². The molecule has 84 valence electrons. The lowest BCUT2D eigenvalue weighted by Gasteiger charge is -2.19. The minimum absolute atomic E-state index is 0.297. The summed E-state index contributed by atoms with van der Waals surface area (Å²) in [6.45, 7) is 4.20. The van der Waals surface area contributed by atoms with Gasteiger partial charge >= 0.3 is 0 Å². The van der Waals surface area contributed by atoms with Crippen LogP contribution >= 0.6 is 0 Å². The molecule has 2 aromatic carbocycles. The third kappa shape index (κ3) is 1.96. The van der Waals surface area contributed by atoms with Crippen LogP contribution in [0.25, 0.3) is 10.8 Å². The first-order chi connectivity index (χ1) is 7.74. The van der Waals surface area contributed by atoms with Gasteiger partial charge in [0.1, 0.15) is 0 Å². The molecule has 2 atom stereocenters. The second-order valence-electron chi connectivity index (χ2n) is 4.40. The predicted octanol–water partition coefficient (Wildman–Crippen LogP) is 3.92. The van der Waals surface area contributed by atoms with Gasteiger partial charge in [-0.15, -0.1) is 0 Å². The largest absolute Gasteiger partial charge is 0.388 e. The zero-order valence-electron chi connectivity index (χ0n) is 9.85. The van der Waals surface area contributed by atoms with Crippen LogP contribution in [-0.2, 0) is 0 Å². The molecule has 0 aliphatic carbocycles. The van der Waals surface area contributed by atoms with Gasteiger partial charge in [0, 0.05) is 0 Å². The van der Waals surface area contributed by atoms with Gasteiger partial charge in [0.25, 0.3) is 0 Å². The Bertz CT molecular complexity index is 470. The Labute approximate surface area is 96.7 Å². The molecule has 1 N–H and O–H groups in total. The van der Waals surface area contributed by atoms with Crippen molar-refractivity contribution in [2.24, 2.45) is 5.92 Å². The van der Waals surface area contributed by atoms with Crippen LogP contribution in [0, 0.1) is 5.92 Å². The van der Waals surface area contributed by atoms with Crippen molar-refractivity contribution in [2.75, 3.05) is 0 Å². The summed E-state index contributed by atoms with van der Waals surface area (Å²) in [6, 6.07) is 14.3. The van der Waals surface area contributed by atoms with E-state index in [1.165, 1.54) is 5.39 Å². The maximum absolute atomic E-state index is 10.3. The molecule has 0 amide bonds. The number of benzene rings is 2. The van der Waals surface area contributed by atoms with Crippen LogP contribution in [0.4, 0.5) is 0 Å². The molecule has 2 aromatic rings. The van der Waals surface area contributed by atoms with Gasteiger partial charge < -0.3 is 5.11 Å². The second-order valence-corrected chi connectivity index (χ2v) is 4.40. The summed E-state index contributed by atoms with van der Waals surface area (Å²) in [5, 5.41) is 12.6. The smallest absolute Gasteiger partial charge is 0.0821 e. The first-order valence-corrected chi connectivity index (χ1v) is 5.89. The van der Waals surface area contributed by atoms with E-state index < -0.39 is 0 Å². The van der Waals surface area contributed by atoms with Gasteiger partial charge in [0.15, 0.2) is 0 Å². The lowest BCUT2D eigenvalue weighted by atomic mass is 9.92. The Balaban J connectivity index is 2.52. The number of aliphatic hydroxyl groups is 1. The predicted molar refractivity (Wildman–Crippen MR) is 68.4 cm³/mol. The molecule has 1 nitrogen and oxygen atoms in total. The highest BCUT2D eigenvalue weighted by molar-refractivity contribution is 5.85. The highest BCUT2D eigenvalue weighted by atomic mass is 16.3. The number of fused-ring (bicyclic) bond motifs is 1. The highest BCUT2D eigenvalue weighted by Gasteiger charge is 2.16. The standard InChI is InChI=1S/C15H18O/c1-3-11(2)15(16)14-10-6-8-12-7-4-5-9-13(12)14/h4-11,15-16H,3H2,1-2H3. The number of aliphatic hydroxyl groups excluding tert-OH is 1. The van der Waals surface area contributed by atoms with Crippen molar-refractivity contribution in [1.29, 1.82) is 0 Å². The van der Waals surface area contributed by atoms with Crippen LogP contribution in [0.2, 0.25) is 0 Å². The molecule has 1 heteroatoms. The normalized spacial score (nSPS) is 14.9. The Hall–Kier alpha value is -1.34. The summed E-state index contributed by atoms with van der Waals surface area (Å²) in [5.41, 5.74) is 1.05. The van der Waals surface area contributed by atoms with E-state index in [1.807, 2.05) is 24.3 Å². The van der Waals surface area contributed by atoms with Crippen molar-refractivity contribution in [1.82, 2.24) is 0 Å². The fourth-order valence-electron chi connectivity index (χ4n) is 2.04. The van der Waals surface area contributed by atoms with Crippen LogP contribution < -0.4 is 0 Å². The van der Waals surface area contributed by atoms with E-state index in [-0.39, 0.29) is 6.10 Å². The number of rotatable bonds is 3. The summed E-state index contributed by atoms with van der Waals surface area (Å²) in [4.78, 5) is 0. The van der Waals surface area contributed by atoms with E-state index in [0.29, 0.717) is 5.92 Å². The van der Waals surface area contributed by atoms with E-state index in [0.717, 1.165) is 17.4 Å². The second kappa shape index (κ2) is 4.67. The van der Waals surface area contributed by atoms with Crippen molar-refractivity contribution >= 4 is 10.8 Å². The Kier molecular flexibility index (Phi) is 3.25. The lowest BCUT2D eigenvalue weighted by molar-refractivity contribution is 0.117. The van der Waals surface area contributed by atoms with Crippen molar-refractivity contribution in [3.05, 3.63) is 48.0 Å². The van der Waals surface area contributed by atoms with E-state index in [9.17, 15) is 5.11 Å². The van der Waals surface area contributed by atoms with Crippen LogP contribution in [0.3, 0.4) is 0 Å². The van der Waals surface area contributed by atoms with Gasteiger partial charge in [-0.2, -0.15) is 0 Å². The molecule has 0 radical (unpaired) electrons. The molecule has 0 saturated heterocycles. The van der Waals surface area contributed by atoms with Crippen LogP contribution in [-0.4, -0.2) is 5.11 Å². The molecular formula is C15H18O. The van der Waals surface area contributed by atoms with Gasteiger partial charge in [-0.1, -0.05) is 62.7 Å². The average molecular weight is 214 g/mol. The average Bonchev–Trinajstić information content (AvgIpc) is 2.36. The van der Waals surface area contributed by atoms with Gasteiger partial charge in [0.2, 0.25) is 0 Å². The zero-order valence-corrected chi connectivity index (χ0v) is 9.85. The van der Waals surface area contributed by atoms with Crippen LogP contribution in [0.15, 0.2) is 42.5 Å². The van der Waals surface area contributed by atoms with Gasteiger partial charge in [-0.3, -0.25) is 0 Å². The van der Waals surface area contributed by atoms with Crippen molar-refractivity contribution in [3.8, 4) is 0 Å². The quantitative estimate of drug-likeness (QED) is 0.821. The SMILES string of the molecule is CCC(C)C(O)c1cccc2ccccc12. The molecular weight excluding hydrogens is 196 g/mol. The summed E-state index contributed by atoms with van der Waals surface area (Å²) in [5.74, 6) is 0.297. The first-order valence-electron chi connectivity index (χ1n) is 5.89. The van der Waals surface area contributed by atoms with Gasteiger partial charge in [0.05, 0.1) is 6.10 Å². The number of hydrogen-bond acceptors (Lipinski definition) is 1. The maximum atomic E-state index is 10.3. The summed E-state index contributed by atoms with van der Waals surface area (Å²) >= 11 is 0. The molecule has 0 spiro atoms. The lowest BCUT2D eigenvalue weighted by Crippen LogP contribution is -2.08. The fraction of sp³-hybridized carbons (Fsp3) is 0.333. The Morgan fingerprint density at radius 2 is 1.75 bits per heavy atom. The maximum Gasteiger partial charge on any atom is 0.0821 e. The van der Waals surface area contributed by atoms with Gasteiger partial charge in [-0.05, 0) is 22.3 Å². The molecule has 0 bridgehead atoms. The molecule has 2 unspecified atom stereocenters. The first kappa shape index (κ1) is 11.2. The van der Waals surface area contributed by atoms with Crippen LogP contribution in [0.1, 0.15) is 31.9 Å². The number of hydrogen-bond donors (Lipinski definition) is 1. The molecule has 0 aliphatic heterocycles. The molecule has 16 heavy (non-hydrogen) atoms. The molecule has 0 aromatic heterocycles. The van der Waals surface area contributed by atoms with Crippen molar-refractivity contribution in [3.63, 3.8) is 0 Å². The molecule has 0 heterocycles.